The maximum absolute atomic E-state index is 12.7. The number of carbonyl (C=O) groups excluding carboxylic acids is 1. The molecule has 150 valence electrons. The van der Waals surface area contributed by atoms with Crippen molar-refractivity contribution in [2.45, 2.75) is 33.2 Å². The highest BCUT2D eigenvalue weighted by atomic mass is 16.5. The van der Waals surface area contributed by atoms with Crippen molar-refractivity contribution >= 4 is 11.6 Å². The van der Waals surface area contributed by atoms with Crippen LogP contribution >= 0.6 is 0 Å². The number of hydrogen-bond acceptors (Lipinski definition) is 5. The average molecular weight is 390 g/mol. The maximum Gasteiger partial charge on any atom is 0.246 e. The molecule has 1 saturated heterocycles. The van der Waals surface area contributed by atoms with Gasteiger partial charge in [-0.1, -0.05) is 52.7 Å². The fourth-order valence-corrected chi connectivity index (χ4v) is 3.63. The first-order valence-corrected chi connectivity index (χ1v) is 10.1. The van der Waals surface area contributed by atoms with Crippen LogP contribution in [0, 0.1) is 19.8 Å². The molecule has 29 heavy (non-hydrogen) atoms. The van der Waals surface area contributed by atoms with E-state index in [1.165, 1.54) is 16.8 Å². The second-order valence-electron chi connectivity index (χ2n) is 7.72. The van der Waals surface area contributed by atoms with Gasteiger partial charge in [-0.15, -0.1) is 0 Å². The van der Waals surface area contributed by atoms with Crippen LogP contribution in [0.15, 0.2) is 53.1 Å². The summed E-state index contributed by atoms with van der Waals surface area (Å²) in [6.07, 6.45) is 1.90. The Hall–Kier alpha value is -3.15. The van der Waals surface area contributed by atoms with E-state index in [1.807, 2.05) is 31.2 Å². The lowest BCUT2D eigenvalue weighted by Gasteiger charge is -2.33. The number of carbonyl (C=O) groups is 1. The molecule has 1 N–H and O–H groups in total. The first-order valence-electron chi connectivity index (χ1n) is 10.1. The molecule has 0 aliphatic carbocycles. The van der Waals surface area contributed by atoms with Crippen molar-refractivity contribution in [1.82, 2.24) is 15.5 Å². The van der Waals surface area contributed by atoms with Crippen molar-refractivity contribution < 1.29 is 9.32 Å². The zero-order chi connectivity index (χ0) is 20.2. The molecule has 6 nitrogen and oxygen atoms in total. The topological polar surface area (TPSA) is 71.3 Å². The molecule has 1 fully saturated rings. The van der Waals surface area contributed by atoms with Crippen LogP contribution in [0.25, 0.3) is 11.4 Å². The van der Waals surface area contributed by atoms with Crippen molar-refractivity contribution in [1.29, 1.82) is 0 Å². The summed E-state index contributed by atoms with van der Waals surface area (Å²) in [4.78, 5) is 19.4. The zero-order valence-electron chi connectivity index (χ0n) is 16.9. The van der Waals surface area contributed by atoms with Gasteiger partial charge in [0, 0.05) is 24.3 Å². The Kier molecular flexibility index (Phi) is 5.60. The van der Waals surface area contributed by atoms with Gasteiger partial charge in [-0.25, -0.2) is 0 Å². The van der Waals surface area contributed by atoms with Crippen LogP contribution < -0.4 is 10.2 Å². The van der Waals surface area contributed by atoms with E-state index in [-0.39, 0.29) is 18.4 Å². The molecule has 4 rings (SSSR count). The van der Waals surface area contributed by atoms with Crippen molar-refractivity contribution in [3.63, 3.8) is 0 Å². The highest BCUT2D eigenvalue weighted by Gasteiger charge is 2.26. The average Bonchev–Trinajstić information content (AvgIpc) is 3.22. The van der Waals surface area contributed by atoms with Crippen molar-refractivity contribution in [2.75, 3.05) is 18.0 Å². The minimum atomic E-state index is -0.0375. The van der Waals surface area contributed by atoms with Gasteiger partial charge >= 0.3 is 0 Å². The molecular weight excluding hydrogens is 364 g/mol. The van der Waals surface area contributed by atoms with E-state index >= 15 is 0 Å². The molecule has 1 aromatic heterocycles. The Labute approximate surface area is 170 Å². The Morgan fingerprint density at radius 1 is 1.10 bits per heavy atom. The number of amides is 1. The van der Waals surface area contributed by atoms with Gasteiger partial charge in [-0.2, -0.15) is 4.98 Å². The molecule has 0 bridgehead atoms. The normalized spacial score (nSPS) is 16.6. The number of hydrogen-bond donors (Lipinski definition) is 1. The molecule has 2 aromatic carbocycles. The summed E-state index contributed by atoms with van der Waals surface area (Å²) in [7, 11) is 0. The molecule has 6 heteroatoms. The first kappa shape index (κ1) is 19.2. The second-order valence-corrected chi connectivity index (χ2v) is 7.72. The number of anilines is 1. The molecule has 1 aliphatic rings. The lowest BCUT2D eigenvalue weighted by molar-refractivity contribution is -0.125. The number of nitrogens with one attached hydrogen (secondary N) is 1. The number of aromatic nitrogens is 2. The SMILES string of the molecule is Cc1ccc(-c2noc(CNC(=O)[C@H]3CCCN(c4ccc(C)cc4)C3)n2)cc1. The molecular formula is C23H26N4O2. The lowest BCUT2D eigenvalue weighted by Crippen LogP contribution is -2.43. The third-order valence-corrected chi connectivity index (χ3v) is 5.38. The van der Waals surface area contributed by atoms with Crippen LogP contribution in [0.5, 0.6) is 0 Å². The lowest BCUT2D eigenvalue weighted by atomic mass is 9.96. The smallest absolute Gasteiger partial charge is 0.246 e. The van der Waals surface area contributed by atoms with Crippen molar-refractivity contribution in [2.24, 2.45) is 5.92 Å². The first-order chi connectivity index (χ1) is 14.1. The largest absolute Gasteiger partial charge is 0.371 e. The Bertz CT molecular complexity index is 963. The van der Waals surface area contributed by atoms with E-state index in [0.29, 0.717) is 11.7 Å². The molecule has 0 saturated carbocycles. The third kappa shape index (κ3) is 4.65. The quantitative estimate of drug-likeness (QED) is 0.716. The van der Waals surface area contributed by atoms with Gasteiger partial charge in [-0.3, -0.25) is 4.79 Å². The van der Waals surface area contributed by atoms with E-state index in [0.717, 1.165) is 31.5 Å². The molecule has 0 unspecified atom stereocenters. The summed E-state index contributed by atoms with van der Waals surface area (Å²) in [5, 5.41) is 6.98. The van der Waals surface area contributed by atoms with Gasteiger partial charge in [0.2, 0.25) is 17.6 Å². The summed E-state index contributed by atoms with van der Waals surface area (Å²) < 4.78 is 5.30. The van der Waals surface area contributed by atoms with Crippen LogP contribution in [0.3, 0.4) is 0 Å². The molecule has 1 atom stereocenters. The third-order valence-electron chi connectivity index (χ3n) is 5.38. The van der Waals surface area contributed by atoms with Crippen LogP contribution in [0.4, 0.5) is 5.69 Å². The predicted octanol–water partition coefficient (Wildman–Crippen LogP) is 3.89. The number of piperidine rings is 1. The second kappa shape index (κ2) is 8.47. The Morgan fingerprint density at radius 2 is 1.79 bits per heavy atom. The van der Waals surface area contributed by atoms with Gasteiger partial charge in [0.05, 0.1) is 12.5 Å². The Morgan fingerprint density at radius 3 is 2.52 bits per heavy atom. The zero-order valence-corrected chi connectivity index (χ0v) is 16.9. The molecule has 0 spiro atoms. The molecule has 1 amide bonds. The van der Waals surface area contributed by atoms with Gasteiger partial charge in [0.15, 0.2) is 0 Å². The highest BCUT2D eigenvalue weighted by Crippen LogP contribution is 2.24. The minimum Gasteiger partial charge on any atom is -0.371 e. The van der Waals surface area contributed by atoms with Crippen LogP contribution in [0.1, 0.15) is 29.9 Å². The van der Waals surface area contributed by atoms with Crippen LogP contribution in [-0.4, -0.2) is 29.1 Å². The van der Waals surface area contributed by atoms with Crippen molar-refractivity contribution in [3.8, 4) is 11.4 Å². The summed E-state index contributed by atoms with van der Waals surface area (Å²) in [5.74, 6) is 0.957. The van der Waals surface area contributed by atoms with E-state index in [1.54, 1.807) is 0 Å². The van der Waals surface area contributed by atoms with Crippen LogP contribution in [-0.2, 0) is 11.3 Å². The van der Waals surface area contributed by atoms with E-state index in [4.69, 9.17) is 4.52 Å². The minimum absolute atomic E-state index is 0.0375. The maximum atomic E-state index is 12.7. The number of nitrogens with zero attached hydrogens (tertiary/aromatic N) is 3. The standard InChI is InChI=1S/C23H26N4O2/c1-16-5-9-18(10-6-16)22-25-21(29-26-22)14-24-23(28)19-4-3-13-27(15-19)20-11-7-17(2)8-12-20/h5-12,19H,3-4,13-15H2,1-2H3,(H,24,28)/t19-/m0/s1. The summed E-state index contributed by atoms with van der Waals surface area (Å²) in [5.41, 5.74) is 4.49. The summed E-state index contributed by atoms with van der Waals surface area (Å²) in [6.45, 7) is 6.08. The van der Waals surface area contributed by atoms with E-state index in [2.05, 4.69) is 51.5 Å². The Balaban J connectivity index is 1.33. The summed E-state index contributed by atoms with van der Waals surface area (Å²) >= 11 is 0. The van der Waals surface area contributed by atoms with Gasteiger partial charge in [0.25, 0.3) is 0 Å². The molecule has 0 radical (unpaired) electrons. The van der Waals surface area contributed by atoms with Gasteiger partial charge in [-0.05, 0) is 38.8 Å². The molecule has 3 aromatic rings. The summed E-state index contributed by atoms with van der Waals surface area (Å²) in [6, 6.07) is 16.4. The monoisotopic (exact) mass is 390 g/mol. The predicted molar refractivity (Wildman–Crippen MR) is 112 cm³/mol. The fraction of sp³-hybridized carbons (Fsp3) is 0.348. The van der Waals surface area contributed by atoms with Gasteiger partial charge < -0.3 is 14.7 Å². The number of rotatable bonds is 5. The highest BCUT2D eigenvalue weighted by molar-refractivity contribution is 5.79. The van der Waals surface area contributed by atoms with E-state index in [9.17, 15) is 4.79 Å². The molecule has 1 aliphatic heterocycles. The van der Waals surface area contributed by atoms with Crippen molar-refractivity contribution in [3.05, 3.63) is 65.5 Å². The number of aryl methyl sites for hydroxylation is 2. The van der Waals surface area contributed by atoms with Gasteiger partial charge in [0.1, 0.15) is 0 Å². The van der Waals surface area contributed by atoms with E-state index < -0.39 is 0 Å². The number of benzene rings is 2. The van der Waals surface area contributed by atoms with Crippen LogP contribution in [0.2, 0.25) is 0 Å². The fourth-order valence-electron chi connectivity index (χ4n) is 3.63. The molecule has 2 heterocycles.